The van der Waals surface area contributed by atoms with Crippen LogP contribution in [0.2, 0.25) is 0 Å². The van der Waals surface area contributed by atoms with E-state index >= 15 is 0 Å². The van der Waals surface area contributed by atoms with Crippen LogP contribution in [-0.2, 0) is 4.79 Å². The van der Waals surface area contributed by atoms with E-state index in [1.54, 1.807) is 5.38 Å². The van der Waals surface area contributed by atoms with Crippen LogP contribution in [0.1, 0.15) is 41.1 Å². The van der Waals surface area contributed by atoms with Gasteiger partial charge in [0.25, 0.3) is 5.91 Å². The molecule has 0 saturated heterocycles. The zero-order valence-electron chi connectivity index (χ0n) is 13.2. The number of carboxylic acids is 1. The predicted octanol–water partition coefficient (Wildman–Crippen LogP) is 3.08. The Hall–Kier alpha value is -2.74. The monoisotopic (exact) mass is 347 g/mol. The number of rotatable bonds is 6. The highest BCUT2D eigenvalue weighted by Gasteiger charge is 2.13. The van der Waals surface area contributed by atoms with Gasteiger partial charge in [-0.3, -0.25) is 9.59 Å². The van der Waals surface area contributed by atoms with Gasteiger partial charge in [0, 0.05) is 17.5 Å². The van der Waals surface area contributed by atoms with Gasteiger partial charge in [0.2, 0.25) is 5.91 Å². The summed E-state index contributed by atoms with van der Waals surface area (Å²) in [5.74, 6) is -1.37. The maximum Gasteiger partial charge on any atom is 0.335 e. The number of thiazole rings is 1. The Bertz CT molecular complexity index is 753. The Balaban J connectivity index is 1.98. The molecule has 2 rings (SSSR count). The fourth-order valence-corrected chi connectivity index (χ4v) is 2.57. The first-order chi connectivity index (χ1) is 11.3. The third kappa shape index (κ3) is 4.88. The summed E-state index contributed by atoms with van der Waals surface area (Å²) in [5, 5.41) is 16.0. The molecule has 24 heavy (non-hydrogen) atoms. The quantitative estimate of drug-likeness (QED) is 0.744. The van der Waals surface area contributed by atoms with E-state index in [1.807, 2.05) is 13.8 Å². The van der Waals surface area contributed by atoms with Gasteiger partial charge in [-0.05, 0) is 30.2 Å². The first-order valence-corrected chi connectivity index (χ1v) is 8.13. The van der Waals surface area contributed by atoms with Gasteiger partial charge in [-0.2, -0.15) is 0 Å². The lowest BCUT2D eigenvalue weighted by atomic mass is 10.1. The summed E-state index contributed by atoms with van der Waals surface area (Å²) in [6.07, 6.45) is 0.386. The first kappa shape index (κ1) is 17.6. The second-order valence-corrected chi connectivity index (χ2v) is 6.38. The standard InChI is InChI=1S/C16H17N3O4S/c1-9(2)7-13(20)19-16-18-12(8-24-16)14(21)17-11-5-3-10(4-6-11)15(22)23/h3-6,8-9H,7H2,1-2H3,(H,17,21)(H,22,23)(H,18,19,20). The smallest absolute Gasteiger partial charge is 0.335 e. The number of carboxylic acid groups (broad SMARTS) is 1. The van der Waals surface area contributed by atoms with E-state index in [2.05, 4.69) is 15.6 Å². The number of anilines is 2. The van der Waals surface area contributed by atoms with Gasteiger partial charge in [-0.25, -0.2) is 9.78 Å². The number of nitrogens with one attached hydrogen (secondary N) is 2. The molecule has 2 aromatic rings. The van der Waals surface area contributed by atoms with Gasteiger partial charge >= 0.3 is 5.97 Å². The molecule has 0 aliphatic rings. The van der Waals surface area contributed by atoms with E-state index < -0.39 is 11.9 Å². The third-order valence-corrected chi connectivity index (χ3v) is 3.72. The minimum atomic E-state index is -1.03. The zero-order valence-corrected chi connectivity index (χ0v) is 14.0. The lowest BCUT2D eigenvalue weighted by Crippen LogP contribution is -2.15. The number of nitrogens with zero attached hydrogens (tertiary/aromatic N) is 1. The average Bonchev–Trinajstić information content (AvgIpc) is 2.95. The van der Waals surface area contributed by atoms with Gasteiger partial charge in [-0.15, -0.1) is 11.3 Å². The molecule has 1 aromatic carbocycles. The summed E-state index contributed by atoms with van der Waals surface area (Å²) < 4.78 is 0. The highest BCUT2D eigenvalue weighted by atomic mass is 32.1. The second kappa shape index (κ2) is 7.69. The van der Waals surface area contributed by atoms with E-state index in [-0.39, 0.29) is 23.1 Å². The number of carbonyl (C=O) groups excluding carboxylic acids is 2. The van der Waals surface area contributed by atoms with Gasteiger partial charge in [0.15, 0.2) is 5.13 Å². The summed E-state index contributed by atoms with van der Waals surface area (Å²) in [7, 11) is 0. The van der Waals surface area contributed by atoms with Crippen LogP contribution in [0, 0.1) is 5.92 Å². The molecular weight excluding hydrogens is 330 g/mol. The molecule has 8 heteroatoms. The van der Waals surface area contributed by atoms with Crippen molar-refractivity contribution >= 4 is 39.9 Å². The molecule has 1 aromatic heterocycles. The predicted molar refractivity (Wildman–Crippen MR) is 91.6 cm³/mol. The van der Waals surface area contributed by atoms with Crippen molar-refractivity contribution in [1.29, 1.82) is 0 Å². The van der Waals surface area contributed by atoms with Gasteiger partial charge in [0.05, 0.1) is 5.56 Å². The number of aromatic nitrogens is 1. The van der Waals surface area contributed by atoms with E-state index in [1.165, 1.54) is 35.6 Å². The van der Waals surface area contributed by atoms with Crippen LogP contribution in [-0.4, -0.2) is 27.9 Å². The summed E-state index contributed by atoms with van der Waals surface area (Å²) in [4.78, 5) is 38.7. The minimum absolute atomic E-state index is 0.136. The molecular formula is C16H17N3O4S. The molecule has 0 saturated carbocycles. The van der Waals surface area contributed by atoms with Crippen LogP contribution in [0.25, 0.3) is 0 Å². The Kier molecular flexibility index (Phi) is 5.64. The SMILES string of the molecule is CC(C)CC(=O)Nc1nc(C(=O)Nc2ccc(C(=O)O)cc2)cs1. The first-order valence-electron chi connectivity index (χ1n) is 7.25. The van der Waals surface area contributed by atoms with Crippen molar-refractivity contribution in [2.75, 3.05) is 10.6 Å². The normalized spacial score (nSPS) is 10.5. The van der Waals surface area contributed by atoms with Crippen LogP contribution >= 0.6 is 11.3 Å². The molecule has 3 N–H and O–H groups in total. The molecule has 0 fully saturated rings. The van der Waals surface area contributed by atoms with Crippen molar-refractivity contribution in [2.45, 2.75) is 20.3 Å². The molecule has 126 valence electrons. The van der Waals surface area contributed by atoms with Crippen molar-refractivity contribution in [3.05, 3.63) is 40.9 Å². The van der Waals surface area contributed by atoms with Crippen molar-refractivity contribution in [1.82, 2.24) is 4.98 Å². The molecule has 7 nitrogen and oxygen atoms in total. The van der Waals surface area contributed by atoms with E-state index in [0.717, 1.165) is 0 Å². The Morgan fingerprint density at radius 1 is 1.17 bits per heavy atom. The van der Waals surface area contributed by atoms with E-state index in [9.17, 15) is 14.4 Å². The number of hydrogen-bond donors (Lipinski definition) is 3. The van der Waals surface area contributed by atoms with Gasteiger partial charge in [0.1, 0.15) is 5.69 Å². The Morgan fingerprint density at radius 2 is 1.83 bits per heavy atom. The summed E-state index contributed by atoms with van der Waals surface area (Å²) in [6.45, 7) is 3.88. The minimum Gasteiger partial charge on any atom is -0.478 e. The second-order valence-electron chi connectivity index (χ2n) is 5.52. The topological polar surface area (TPSA) is 108 Å². The van der Waals surface area contributed by atoms with Crippen LogP contribution < -0.4 is 10.6 Å². The number of benzene rings is 1. The van der Waals surface area contributed by atoms with Crippen molar-refractivity contribution < 1.29 is 19.5 Å². The lowest BCUT2D eigenvalue weighted by Gasteiger charge is -2.04. The molecule has 0 bridgehead atoms. The molecule has 0 unspecified atom stereocenters. The lowest BCUT2D eigenvalue weighted by molar-refractivity contribution is -0.116. The largest absolute Gasteiger partial charge is 0.478 e. The zero-order chi connectivity index (χ0) is 17.7. The van der Waals surface area contributed by atoms with Gasteiger partial charge in [-0.1, -0.05) is 13.8 Å². The van der Waals surface area contributed by atoms with Crippen LogP contribution in [0.3, 0.4) is 0 Å². The molecule has 1 heterocycles. The van der Waals surface area contributed by atoms with E-state index in [0.29, 0.717) is 17.2 Å². The van der Waals surface area contributed by atoms with Crippen molar-refractivity contribution in [3.8, 4) is 0 Å². The average molecular weight is 347 g/mol. The highest BCUT2D eigenvalue weighted by molar-refractivity contribution is 7.14. The van der Waals surface area contributed by atoms with Crippen molar-refractivity contribution in [3.63, 3.8) is 0 Å². The number of hydrogen-bond acceptors (Lipinski definition) is 5. The Labute approximate surface area is 142 Å². The summed E-state index contributed by atoms with van der Waals surface area (Å²) in [5.41, 5.74) is 0.780. The molecule has 0 spiro atoms. The van der Waals surface area contributed by atoms with Crippen LogP contribution in [0.4, 0.5) is 10.8 Å². The number of amides is 2. The van der Waals surface area contributed by atoms with Gasteiger partial charge < -0.3 is 15.7 Å². The molecule has 0 aliphatic heterocycles. The number of aromatic carboxylic acids is 1. The third-order valence-electron chi connectivity index (χ3n) is 2.97. The maximum absolute atomic E-state index is 12.1. The number of carbonyl (C=O) groups is 3. The Morgan fingerprint density at radius 3 is 2.42 bits per heavy atom. The summed E-state index contributed by atoms with van der Waals surface area (Å²) >= 11 is 1.17. The molecule has 0 atom stereocenters. The highest BCUT2D eigenvalue weighted by Crippen LogP contribution is 2.18. The van der Waals surface area contributed by atoms with Crippen LogP contribution in [0.5, 0.6) is 0 Å². The fourth-order valence-electron chi connectivity index (χ4n) is 1.87. The van der Waals surface area contributed by atoms with E-state index in [4.69, 9.17) is 5.11 Å². The van der Waals surface area contributed by atoms with Crippen molar-refractivity contribution in [2.24, 2.45) is 5.92 Å². The molecule has 2 amide bonds. The fraction of sp³-hybridized carbons (Fsp3) is 0.250. The van der Waals surface area contributed by atoms with Crippen LogP contribution in [0.15, 0.2) is 29.6 Å². The maximum atomic E-state index is 12.1. The summed E-state index contributed by atoms with van der Waals surface area (Å²) in [6, 6.07) is 5.80. The molecule has 0 radical (unpaired) electrons. The molecule has 0 aliphatic carbocycles.